The minimum atomic E-state index is -0.421. The van der Waals surface area contributed by atoms with Gasteiger partial charge in [0.25, 0.3) is 0 Å². The van der Waals surface area contributed by atoms with Crippen LogP contribution in [-0.4, -0.2) is 53.8 Å². The zero-order chi connectivity index (χ0) is 35.3. The number of aromatic nitrogens is 2. The summed E-state index contributed by atoms with van der Waals surface area (Å²) in [4.78, 5) is 13.9. The molecule has 1 spiro atoms. The maximum atomic E-state index is 13.7. The molecule has 5 N–H and O–H groups in total. The van der Waals surface area contributed by atoms with Gasteiger partial charge in [-0.25, -0.2) is 4.39 Å². The van der Waals surface area contributed by atoms with Crippen LogP contribution in [0.2, 0.25) is 0 Å². The monoisotopic (exact) mass is 639 g/mol. The molecule has 46 heavy (non-hydrogen) atoms. The summed E-state index contributed by atoms with van der Waals surface area (Å²) in [6.07, 6.45) is 12.3. The number of rotatable bonds is 10. The van der Waals surface area contributed by atoms with Crippen LogP contribution in [0.4, 0.5) is 10.1 Å². The topological polar surface area (TPSA) is 100 Å². The fourth-order valence-corrected chi connectivity index (χ4v) is 5.07. The van der Waals surface area contributed by atoms with E-state index in [0.29, 0.717) is 28.4 Å². The number of carbonyl (C=O) groups is 1. The van der Waals surface area contributed by atoms with Gasteiger partial charge in [-0.05, 0) is 62.6 Å². The number of nitrogens with two attached hydrogens (primary N) is 1. The van der Waals surface area contributed by atoms with Crippen molar-refractivity contribution in [2.45, 2.75) is 80.6 Å². The Balaban J connectivity index is 0.000000674. The van der Waals surface area contributed by atoms with Crippen LogP contribution >= 0.6 is 0 Å². The molecule has 0 atom stereocenters. The highest BCUT2D eigenvalue weighted by molar-refractivity contribution is 5.93. The SMILES string of the molecule is C=C.C=C/C(C)=C/NC.CC.CC/C=C(\C(CCC)=C(\C)N)N1CC2(CNC2)C1.CCCC(=O)Nc1cc(F)c2nn(C)cc2c1. The van der Waals surface area contributed by atoms with Crippen molar-refractivity contribution in [1.82, 2.24) is 25.3 Å². The van der Waals surface area contributed by atoms with Gasteiger partial charge in [-0.1, -0.05) is 59.8 Å². The molecule has 1 aromatic carbocycles. The molecule has 2 saturated heterocycles. The summed E-state index contributed by atoms with van der Waals surface area (Å²) >= 11 is 0. The van der Waals surface area contributed by atoms with E-state index in [1.54, 1.807) is 30.1 Å². The van der Waals surface area contributed by atoms with Gasteiger partial charge >= 0.3 is 0 Å². The van der Waals surface area contributed by atoms with Crippen molar-refractivity contribution in [2.75, 3.05) is 38.5 Å². The van der Waals surface area contributed by atoms with E-state index in [4.69, 9.17) is 5.73 Å². The number of hydrogen-bond donors (Lipinski definition) is 4. The predicted molar refractivity (Wildman–Crippen MR) is 197 cm³/mol. The van der Waals surface area contributed by atoms with E-state index in [-0.39, 0.29) is 5.91 Å². The highest BCUT2D eigenvalue weighted by Crippen LogP contribution is 2.39. The second-order valence-corrected chi connectivity index (χ2v) is 11.2. The largest absolute Gasteiger partial charge is 0.402 e. The Kier molecular flexibility index (Phi) is 20.7. The number of allylic oxidation sites excluding steroid dienone is 5. The van der Waals surface area contributed by atoms with E-state index in [2.05, 4.69) is 65.6 Å². The summed E-state index contributed by atoms with van der Waals surface area (Å²) in [6, 6.07) is 3.02. The molecule has 258 valence electrons. The zero-order valence-electron chi connectivity index (χ0n) is 30.2. The van der Waals surface area contributed by atoms with Gasteiger partial charge < -0.3 is 26.6 Å². The Bertz CT molecular complexity index is 1290. The van der Waals surface area contributed by atoms with Gasteiger partial charge in [0.05, 0.1) is 0 Å². The standard InChI is InChI=1S/C15H27N3.C12H14FN3O.C6H11N.C2H6.C2H4/c1-4-6-13(12(3)16)14(7-5-2)18-10-15(11-18)8-17-9-15;1-3-4-11(17)14-9-5-8-7-16(2)15-12(8)10(13)6-9;1-4-6(2)5-7-3;2*1-2/h7,17H,4-6,8-11,16H2,1-3H3;5-7H,3-4H2,1-2H3,(H,14,17);4-5,7H,1H2,2-3H3;1-2H3;1-2H2/b13-12-,14-7+;;6-5+;;. The molecular weight excluding hydrogens is 577 g/mol. The van der Waals surface area contributed by atoms with E-state index in [1.165, 1.54) is 43.5 Å². The minimum absolute atomic E-state index is 0.102. The number of likely N-dealkylation sites (tertiary alicyclic amines) is 1. The number of aryl methyl sites for hydroxylation is 1. The normalized spacial score (nSPS) is 15.0. The number of carbonyl (C=O) groups excluding carboxylic acids is 1. The number of halogens is 1. The van der Waals surface area contributed by atoms with E-state index in [1.807, 2.05) is 47.9 Å². The number of fused-ring (bicyclic) bond motifs is 1. The maximum Gasteiger partial charge on any atom is 0.224 e. The lowest BCUT2D eigenvalue weighted by atomic mass is 9.73. The van der Waals surface area contributed by atoms with Gasteiger partial charge in [-0.2, -0.15) is 5.10 Å². The first-order chi connectivity index (χ1) is 22.0. The molecule has 0 radical (unpaired) electrons. The molecule has 2 aliphatic heterocycles. The van der Waals surface area contributed by atoms with Crippen molar-refractivity contribution in [3.05, 3.63) is 84.8 Å². The fourth-order valence-electron chi connectivity index (χ4n) is 5.07. The molecule has 0 aliphatic carbocycles. The Hall–Kier alpha value is -3.85. The van der Waals surface area contributed by atoms with E-state index in [0.717, 1.165) is 37.0 Å². The Morgan fingerprint density at radius 1 is 1.13 bits per heavy atom. The quantitative estimate of drug-likeness (QED) is 0.156. The number of amides is 1. The second kappa shape index (κ2) is 22.6. The highest BCUT2D eigenvalue weighted by atomic mass is 19.1. The van der Waals surface area contributed by atoms with Gasteiger partial charge in [0.15, 0.2) is 5.82 Å². The van der Waals surface area contributed by atoms with Crippen molar-refractivity contribution >= 4 is 22.5 Å². The molecule has 3 heterocycles. The van der Waals surface area contributed by atoms with Crippen molar-refractivity contribution in [3.8, 4) is 0 Å². The van der Waals surface area contributed by atoms with Crippen molar-refractivity contribution in [2.24, 2.45) is 18.2 Å². The second-order valence-electron chi connectivity index (χ2n) is 11.2. The van der Waals surface area contributed by atoms with Crippen LogP contribution in [0.25, 0.3) is 10.9 Å². The van der Waals surface area contributed by atoms with E-state index < -0.39 is 5.82 Å². The van der Waals surface area contributed by atoms with Gasteiger partial charge in [-0.3, -0.25) is 9.48 Å². The van der Waals surface area contributed by atoms with Crippen LogP contribution in [-0.2, 0) is 11.8 Å². The predicted octanol–water partition coefficient (Wildman–Crippen LogP) is 7.79. The number of nitrogens with zero attached hydrogens (tertiary/aromatic N) is 3. The molecule has 2 aromatic rings. The molecule has 0 bridgehead atoms. The fraction of sp³-hybridized carbons (Fsp3) is 0.514. The lowest BCUT2D eigenvalue weighted by Crippen LogP contribution is -2.70. The maximum absolute atomic E-state index is 13.7. The molecule has 2 aliphatic rings. The molecule has 0 saturated carbocycles. The average molecular weight is 640 g/mol. The molecule has 1 aromatic heterocycles. The first-order valence-electron chi connectivity index (χ1n) is 16.5. The summed E-state index contributed by atoms with van der Waals surface area (Å²) in [5.74, 6) is -0.523. The third-order valence-electron chi connectivity index (χ3n) is 7.21. The average Bonchev–Trinajstić information content (AvgIpc) is 3.37. The third-order valence-corrected chi connectivity index (χ3v) is 7.21. The third kappa shape index (κ3) is 13.3. The lowest BCUT2D eigenvalue weighted by molar-refractivity contribution is -0.116. The molecule has 9 heteroatoms. The molecule has 2 fully saturated rings. The van der Waals surface area contributed by atoms with E-state index >= 15 is 0 Å². The number of benzene rings is 1. The minimum Gasteiger partial charge on any atom is -0.402 e. The highest BCUT2D eigenvalue weighted by Gasteiger charge is 2.48. The van der Waals surface area contributed by atoms with Crippen LogP contribution in [0.15, 0.2) is 79.0 Å². The van der Waals surface area contributed by atoms with Crippen LogP contribution in [0.5, 0.6) is 0 Å². The van der Waals surface area contributed by atoms with Gasteiger partial charge in [-0.15, -0.1) is 13.2 Å². The Labute approximate surface area is 278 Å². The summed E-state index contributed by atoms with van der Waals surface area (Å²) in [6.45, 7) is 28.7. The molecular formula is C37H62FN7O. The van der Waals surface area contributed by atoms with Crippen LogP contribution in [0.3, 0.4) is 0 Å². The number of anilines is 1. The Morgan fingerprint density at radius 2 is 1.74 bits per heavy atom. The van der Waals surface area contributed by atoms with Gasteiger partial charge in [0.2, 0.25) is 5.91 Å². The molecule has 4 rings (SSSR count). The van der Waals surface area contributed by atoms with Gasteiger partial charge in [0, 0.05) is 80.8 Å². The Morgan fingerprint density at radius 3 is 2.17 bits per heavy atom. The van der Waals surface area contributed by atoms with Gasteiger partial charge in [0.1, 0.15) is 5.52 Å². The summed E-state index contributed by atoms with van der Waals surface area (Å²) in [7, 11) is 3.60. The van der Waals surface area contributed by atoms with Crippen LogP contribution in [0.1, 0.15) is 80.6 Å². The first-order valence-corrected chi connectivity index (χ1v) is 16.5. The van der Waals surface area contributed by atoms with Crippen molar-refractivity contribution in [1.29, 1.82) is 0 Å². The summed E-state index contributed by atoms with van der Waals surface area (Å²) in [5, 5.41) is 13.6. The molecule has 0 unspecified atom stereocenters. The van der Waals surface area contributed by atoms with Crippen molar-refractivity contribution < 1.29 is 9.18 Å². The molecule has 1 amide bonds. The first kappa shape index (κ1) is 42.1. The van der Waals surface area contributed by atoms with Crippen molar-refractivity contribution in [3.63, 3.8) is 0 Å². The number of nitrogens with one attached hydrogen (secondary N) is 3. The van der Waals surface area contributed by atoms with Crippen LogP contribution in [0, 0.1) is 11.2 Å². The zero-order valence-corrected chi connectivity index (χ0v) is 30.2. The number of hydrogen-bond acceptors (Lipinski definition) is 6. The summed E-state index contributed by atoms with van der Waals surface area (Å²) < 4.78 is 15.2. The van der Waals surface area contributed by atoms with Crippen LogP contribution < -0.4 is 21.7 Å². The smallest absolute Gasteiger partial charge is 0.224 e. The lowest BCUT2D eigenvalue weighted by Gasteiger charge is -2.58. The van der Waals surface area contributed by atoms with E-state index in [9.17, 15) is 9.18 Å². The molecule has 8 nitrogen and oxygen atoms in total. The summed E-state index contributed by atoms with van der Waals surface area (Å²) in [5.41, 5.74) is 12.4.